The molecule has 0 aromatic carbocycles. The van der Waals surface area contributed by atoms with Crippen LogP contribution in [-0.4, -0.2) is 35.5 Å². The Bertz CT molecular complexity index is 356. The van der Waals surface area contributed by atoms with Gasteiger partial charge in [-0.05, 0) is 45.2 Å². The number of aryl methyl sites for hydroxylation is 1. The minimum Gasteiger partial charge on any atom is -0.326 e. The van der Waals surface area contributed by atoms with Gasteiger partial charge in [-0.2, -0.15) is 11.8 Å². The summed E-state index contributed by atoms with van der Waals surface area (Å²) in [7, 11) is 2.24. The van der Waals surface area contributed by atoms with Crippen LogP contribution in [0.2, 0.25) is 0 Å². The zero-order chi connectivity index (χ0) is 12.4. The molecule has 2 nitrogen and oxygen atoms in total. The van der Waals surface area contributed by atoms with E-state index >= 15 is 0 Å². The van der Waals surface area contributed by atoms with Crippen molar-refractivity contribution in [1.29, 1.82) is 0 Å². The molecule has 1 aromatic heterocycles. The van der Waals surface area contributed by atoms with E-state index in [2.05, 4.69) is 49.7 Å². The van der Waals surface area contributed by atoms with Crippen molar-refractivity contribution >= 4 is 23.1 Å². The molecule has 3 atom stereocenters. The van der Waals surface area contributed by atoms with Crippen LogP contribution in [0.25, 0.3) is 0 Å². The Morgan fingerprint density at radius 1 is 1.47 bits per heavy atom. The molecule has 1 fully saturated rings. The second-order valence-corrected chi connectivity index (χ2v) is 7.40. The maximum Gasteiger partial charge on any atom is 0.0591 e. The monoisotopic (exact) mass is 270 g/mol. The quantitative estimate of drug-likeness (QED) is 0.912. The SMILES string of the molecule is Cc1ccc(C(C(C)N)N(C)C2CCSC2)s1. The summed E-state index contributed by atoms with van der Waals surface area (Å²) in [5, 5.41) is 0. The van der Waals surface area contributed by atoms with Crippen molar-refractivity contribution in [3.05, 3.63) is 21.9 Å². The maximum absolute atomic E-state index is 6.20. The van der Waals surface area contributed by atoms with Crippen molar-refractivity contribution < 1.29 is 0 Å². The van der Waals surface area contributed by atoms with Gasteiger partial charge < -0.3 is 5.73 Å². The molecule has 0 bridgehead atoms. The van der Waals surface area contributed by atoms with Crippen LogP contribution in [0, 0.1) is 6.92 Å². The maximum atomic E-state index is 6.20. The Labute approximate surface area is 113 Å². The number of nitrogens with two attached hydrogens (primary N) is 1. The summed E-state index contributed by atoms with van der Waals surface area (Å²) in [6.07, 6.45) is 1.30. The molecule has 0 saturated carbocycles. The van der Waals surface area contributed by atoms with E-state index in [1.54, 1.807) is 0 Å². The topological polar surface area (TPSA) is 29.3 Å². The van der Waals surface area contributed by atoms with Crippen LogP contribution in [0.5, 0.6) is 0 Å². The van der Waals surface area contributed by atoms with E-state index in [-0.39, 0.29) is 6.04 Å². The molecule has 2 rings (SSSR count). The largest absolute Gasteiger partial charge is 0.326 e. The van der Waals surface area contributed by atoms with Crippen LogP contribution in [0.15, 0.2) is 12.1 Å². The molecular weight excluding hydrogens is 248 g/mol. The number of nitrogens with zero attached hydrogens (tertiary/aromatic N) is 1. The van der Waals surface area contributed by atoms with Crippen LogP contribution in [0.3, 0.4) is 0 Å². The lowest BCUT2D eigenvalue weighted by Crippen LogP contribution is -2.42. The van der Waals surface area contributed by atoms with Crippen LogP contribution in [0.1, 0.15) is 29.1 Å². The molecule has 96 valence electrons. The Balaban J connectivity index is 2.16. The van der Waals surface area contributed by atoms with E-state index in [1.165, 1.54) is 27.7 Å². The zero-order valence-electron chi connectivity index (χ0n) is 10.8. The van der Waals surface area contributed by atoms with Crippen molar-refractivity contribution in [2.24, 2.45) is 5.73 Å². The fourth-order valence-corrected chi connectivity index (χ4v) is 4.94. The highest BCUT2D eigenvalue weighted by Crippen LogP contribution is 2.33. The predicted octanol–water partition coefficient (Wildman–Crippen LogP) is 2.88. The third-order valence-corrected chi connectivity index (χ3v) is 5.69. The molecule has 0 aliphatic carbocycles. The van der Waals surface area contributed by atoms with Crippen molar-refractivity contribution in [3.8, 4) is 0 Å². The first-order chi connectivity index (χ1) is 8.09. The van der Waals surface area contributed by atoms with Gasteiger partial charge in [-0.1, -0.05) is 0 Å². The Hall–Kier alpha value is -0.0300. The molecule has 17 heavy (non-hydrogen) atoms. The summed E-state index contributed by atoms with van der Waals surface area (Å²) in [5.41, 5.74) is 6.20. The first-order valence-electron chi connectivity index (χ1n) is 6.21. The molecule has 1 aliphatic rings. The van der Waals surface area contributed by atoms with Crippen LogP contribution >= 0.6 is 23.1 Å². The summed E-state index contributed by atoms with van der Waals surface area (Å²) in [4.78, 5) is 5.28. The van der Waals surface area contributed by atoms with Crippen molar-refractivity contribution in [3.63, 3.8) is 0 Å². The van der Waals surface area contributed by atoms with Crippen molar-refractivity contribution in [2.75, 3.05) is 18.6 Å². The van der Waals surface area contributed by atoms with E-state index in [4.69, 9.17) is 5.73 Å². The molecule has 1 aliphatic heterocycles. The Morgan fingerprint density at radius 2 is 2.24 bits per heavy atom. The predicted molar refractivity (Wildman–Crippen MR) is 78.9 cm³/mol. The number of thioether (sulfide) groups is 1. The van der Waals surface area contributed by atoms with Crippen LogP contribution < -0.4 is 5.73 Å². The van der Waals surface area contributed by atoms with E-state index < -0.39 is 0 Å². The van der Waals surface area contributed by atoms with Crippen molar-refractivity contribution in [2.45, 2.75) is 38.4 Å². The van der Waals surface area contributed by atoms with Crippen LogP contribution in [0.4, 0.5) is 0 Å². The first kappa shape index (κ1) is 13.4. The average molecular weight is 270 g/mol. The third-order valence-electron chi connectivity index (χ3n) is 3.47. The van der Waals surface area contributed by atoms with Gasteiger partial charge in [-0.15, -0.1) is 11.3 Å². The van der Waals surface area contributed by atoms with E-state index in [1.807, 2.05) is 11.3 Å². The van der Waals surface area contributed by atoms with Gasteiger partial charge in [0.1, 0.15) is 0 Å². The number of likely N-dealkylation sites (N-methyl/N-ethyl adjacent to an activating group) is 1. The molecular formula is C13H22N2S2. The van der Waals surface area contributed by atoms with E-state index in [9.17, 15) is 0 Å². The fourth-order valence-electron chi connectivity index (χ4n) is 2.51. The van der Waals surface area contributed by atoms with Gasteiger partial charge in [0.05, 0.1) is 6.04 Å². The molecule has 1 aromatic rings. The van der Waals surface area contributed by atoms with E-state index in [0.29, 0.717) is 12.1 Å². The molecule has 2 heterocycles. The number of hydrogen-bond acceptors (Lipinski definition) is 4. The summed E-state index contributed by atoms with van der Waals surface area (Å²) in [6.45, 7) is 4.29. The highest BCUT2D eigenvalue weighted by molar-refractivity contribution is 7.99. The molecule has 1 saturated heterocycles. The van der Waals surface area contributed by atoms with Gasteiger partial charge >= 0.3 is 0 Å². The summed E-state index contributed by atoms with van der Waals surface area (Å²) >= 11 is 3.94. The van der Waals surface area contributed by atoms with Gasteiger partial charge in [0, 0.05) is 27.6 Å². The molecule has 0 radical (unpaired) electrons. The van der Waals surface area contributed by atoms with Gasteiger partial charge in [-0.25, -0.2) is 0 Å². The standard InChI is InChI=1S/C13H22N2S2/c1-9-4-5-12(17-9)13(10(2)14)15(3)11-6-7-16-8-11/h4-5,10-11,13H,6-8,14H2,1-3H3. The number of hydrogen-bond donors (Lipinski definition) is 1. The highest BCUT2D eigenvalue weighted by Gasteiger charge is 2.29. The van der Waals surface area contributed by atoms with E-state index in [0.717, 1.165) is 0 Å². The number of thiophene rings is 1. The molecule has 4 heteroatoms. The Morgan fingerprint density at radius 3 is 2.71 bits per heavy atom. The molecule has 0 amide bonds. The smallest absolute Gasteiger partial charge is 0.0591 e. The second kappa shape index (κ2) is 5.74. The summed E-state index contributed by atoms with van der Waals surface area (Å²) in [6, 6.07) is 5.69. The minimum absolute atomic E-state index is 0.184. The van der Waals surface area contributed by atoms with Gasteiger partial charge in [0.2, 0.25) is 0 Å². The normalized spacial score (nSPS) is 24.2. The lowest BCUT2D eigenvalue weighted by atomic mass is 10.0. The first-order valence-corrected chi connectivity index (χ1v) is 8.18. The van der Waals surface area contributed by atoms with Gasteiger partial charge in [0.25, 0.3) is 0 Å². The van der Waals surface area contributed by atoms with Gasteiger partial charge in [0.15, 0.2) is 0 Å². The van der Waals surface area contributed by atoms with Gasteiger partial charge in [-0.3, -0.25) is 4.90 Å². The highest BCUT2D eigenvalue weighted by atomic mass is 32.2. The number of rotatable bonds is 4. The summed E-state index contributed by atoms with van der Waals surface area (Å²) in [5.74, 6) is 2.55. The second-order valence-electron chi connectivity index (χ2n) is 4.94. The molecule has 3 unspecified atom stereocenters. The zero-order valence-corrected chi connectivity index (χ0v) is 12.5. The Kier molecular flexibility index (Phi) is 4.53. The van der Waals surface area contributed by atoms with Crippen LogP contribution in [-0.2, 0) is 0 Å². The molecule has 0 spiro atoms. The third kappa shape index (κ3) is 3.05. The lowest BCUT2D eigenvalue weighted by Gasteiger charge is -2.34. The average Bonchev–Trinajstić information content (AvgIpc) is 2.88. The summed E-state index contributed by atoms with van der Waals surface area (Å²) < 4.78 is 0. The van der Waals surface area contributed by atoms with Crippen molar-refractivity contribution in [1.82, 2.24) is 4.90 Å². The molecule has 2 N–H and O–H groups in total. The lowest BCUT2D eigenvalue weighted by molar-refractivity contribution is 0.171. The minimum atomic E-state index is 0.184. The fraction of sp³-hybridized carbons (Fsp3) is 0.692.